The Kier molecular flexibility index (Phi) is 4.16. The average molecular weight is 323 g/mol. The molecule has 0 saturated carbocycles. The molecule has 1 fully saturated rings. The normalized spacial score (nSPS) is 17.2. The molecule has 0 bridgehead atoms. The predicted octanol–water partition coefficient (Wildman–Crippen LogP) is 2.91. The number of imide groups is 1. The molecule has 3 rings (SSSR count). The van der Waals surface area contributed by atoms with E-state index in [1.165, 1.54) is 6.92 Å². The molecule has 2 aromatic rings. The van der Waals surface area contributed by atoms with Crippen molar-refractivity contribution in [1.29, 1.82) is 0 Å². The second kappa shape index (κ2) is 6.28. The van der Waals surface area contributed by atoms with E-state index in [0.29, 0.717) is 17.0 Å². The topological polar surface area (TPSA) is 63.7 Å². The molecular weight excluding hydrogens is 306 g/mol. The summed E-state index contributed by atoms with van der Waals surface area (Å²) in [6.45, 7) is 3.35. The third-order valence-corrected chi connectivity index (χ3v) is 4.00. The lowest BCUT2D eigenvalue weighted by molar-refractivity contribution is -0.123. The van der Waals surface area contributed by atoms with Crippen LogP contribution in [0, 0.1) is 6.92 Å². The van der Waals surface area contributed by atoms with Gasteiger partial charge in [0, 0.05) is 5.56 Å². The van der Waals surface area contributed by atoms with Gasteiger partial charge >= 0.3 is 0 Å². The van der Waals surface area contributed by atoms with E-state index < -0.39 is 6.10 Å². The van der Waals surface area contributed by atoms with E-state index in [1.54, 1.807) is 30.3 Å². The first-order valence-electron chi connectivity index (χ1n) is 7.67. The summed E-state index contributed by atoms with van der Waals surface area (Å²) in [5.74, 6) is -0.174. The smallest absolute Gasteiger partial charge is 0.275 e. The molecule has 5 nitrogen and oxygen atoms in total. The Balaban J connectivity index is 1.81. The lowest BCUT2D eigenvalue weighted by atomic mass is 10.1. The molecule has 1 atom stereocenters. The van der Waals surface area contributed by atoms with Crippen molar-refractivity contribution in [3.8, 4) is 5.75 Å². The van der Waals surface area contributed by atoms with Gasteiger partial charge in [-0.25, -0.2) is 4.90 Å². The van der Waals surface area contributed by atoms with E-state index in [1.807, 2.05) is 25.1 Å². The fraction of sp³-hybridized carbons (Fsp3) is 0.211. The number of ketones is 1. The summed E-state index contributed by atoms with van der Waals surface area (Å²) >= 11 is 0. The minimum absolute atomic E-state index is 0.00161. The number of benzene rings is 2. The lowest BCUT2D eigenvalue weighted by Crippen LogP contribution is -2.34. The van der Waals surface area contributed by atoms with Crippen LogP contribution in [0.1, 0.15) is 29.3 Å². The summed E-state index contributed by atoms with van der Waals surface area (Å²) in [4.78, 5) is 37.3. The Labute approximate surface area is 139 Å². The number of rotatable bonds is 4. The molecule has 5 heteroatoms. The standard InChI is InChI=1S/C19H17NO4/c1-12-5-3-4-6-16(12)24-17-11-18(22)20(19(17)23)15-9-7-14(8-10-15)13(2)21/h3-10,17H,11H2,1-2H3. The Morgan fingerprint density at radius 2 is 1.75 bits per heavy atom. The number of aryl methyl sites for hydroxylation is 1. The zero-order chi connectivity index (χ0) is 17.3. The molecule has 0 spiro atoms. The first-order chi connectivity index (χ1) is 11.5. The van der Waals surface area contributed by atoms with Crippen LogP contribution in [0.4, 0.5) is 5.69 Å². The Morgan fingerprint density at radius 3 is 2.38 bits per heavy atom. The molecule has 0 N–H and O–H groups in total. The molecule has 1 saturated heterocycles. The fourth-order valence-corrected chi connectivity index (χ4v) is 2.65. The molecule has 0 radical (unpaired) electrons. The molecular formula is C19H17NO4. The van der Waals surface area contributed by atoms with Crippen LogP contribution in [0.15, 0.2) is 48.5 Å². The van der Waals surface area contributed by atoms with Crippen molar-refractivity contribution in [2.24, 2.45) is 0 Å². The highest BCUT2D eigenvalue weighted by Gasteiger charge is 2.41. The van der Waals surface area contributed by atoms with Crippen molar-refractivity contribution in [2.75, 3.05) is 4.90 Å². The van der Waals surface area contributed by atoms with E-state index in [9.17, 15) is 14.4 Å². The number of carbonyl (C=O) groups is 3. The Morgan fingerprint density at radius 1 is 1.08 bits per heavy atom. The van der Waals surface area contributed by atoms with Crippen molar-refractivity contribution < 1.29 is 19.1 Å². The maximum absolute atomic E-state index is 12.6. The number of para-hydroxylation sites is 1. The van der Waals surface area contributed by atoms with Crippen molar-refractivity contribution in [3.05, 3.63) is 59.7 Å². The van der Waals surface area contributed by atoms with Gasteiger partial charge in [-0.05, 0) is 49.7 Å². The van der Waals surface area contributed by atoms with Gasteiger partial charge in [0.25, 0.3) is 5.91 Å². The quantitative estimate of drug-likeness (QED) is 0.641. The summed E-state index contributed by atoms with van der Waals surface area (Å²) in [5.41, 5.74) is 1.89. The molecule has 0 aliphatic carbocycles. The van der Waals surface area contributed by atoms with Crippen LogP contribution in [-0.2, 0) is 9.59 Å². The molecule has 24 heavy (non-hydrogen) atoms. The van der Waals surface area contributed by atoms with Crippen LogP contribution in [0.2, 0.25) is 0 Å². The first kappa shape index (κ1) is 15.9. The number of ether oxygens (including phenoxy) is 1. The maximum atomic E-state index is 12.6. The van der Waals surface area contributed by atoms with Gasteiger partial charge in [-0.1, -0.05) is 18.2 Å². The van der Waals surface area contributed by atoms with Crippen LogP contribution in [0.25, 0.3) is 0 Å². The van der Waals surface area contributed by atoms with E-state index in [2.05, 4.69) is 0 Å². The van der Waals surface area contributed by atoms with E-state index >= 15 is 0 Å². The highest BCUT2D eigenvalue weighted by molar-refractivity contribution is 6.22. The first-order valence-corrected chi connectivity index (χ1v) is 7.67. The van der Waals surface area contributed by atoms with Crippen LogP contribution in [0.5, 0.6) is 5.75 Å². The fourth-order valence-electron chi connectivity index (χ4n) is 2.65. The van der Waals surface area contributed by atoms with Crippen molar-refractivity contribution in [2.45, 2.75) is 26.4 Å². The third kappa shape index (κ3) is 2.93. The Hall–Kier alpha value is -2.95. The van der Waals surface area contributed by atoms with E-state index in [-0.39, 0.29) is 24.0 Å². The highest BCUT2D eigenvalue weighted by Crippen LogP contribution is 2.27. The SMILES string of the molecule is CC(=O)c1ccc(N2C(=O)CC(Oc3ccccc3C)C2=O)cc1. The molecule has 1 aliphatic rings. The third-order valence-electron chi connectivity index (χ3n) is 4.00. The summed E-state index contributed by atoms with van der Waals surface area (Å²) in [6, 6.07) is 13.8. The van der Waals surface area contributed by atoms with Gasteiger partial charge in [0.15, 0.2) is 11.9 Å². The largest absolute Gasteiger partial charge is 0.480 e. The number of amides is 2. The summed E-state index contributed by atoms with van der Waals surface area (Å²) in [6.07, 6.45) is -0.826. The van der Waals surface area contributed by atoms with Gasteiger partial charge < -0.3 is 4.74 Å². The van der Waals surface area contributed by atoms with Crippen LogP contribution >= 0.6 is 0 Å². The molecule has 1 unspecified atom stereocenters. The molecule has 1 heterocycles. The number of anilines is 1. The van der Waals surface area contributed by atoms with Gasteiger partial charge in [0.2, 0.25) is 5.91 Å². The van der Waals surface area contributed by atoms with Crippen LogP contribution in [-0.4, -0.2) is 23.7 Å². The van der Waals surface area contributed by atoms with Crippen molar-refractivity contribution in [3.63, 3.8) is 0 Å². The molecule has 2 aromatic carbocycles. The second-order valence-electron chi connectivity index (χ2n) is 5.75. The molecule has 2 amide bonds. The summed E-state index contributed by atoms with van der Waals surface area (Å²) in [5, 5.41) is 0. The molecule has 0 aromatic heterocycles. The minimum Gasteiger partial charge on any atom is -0.480 e. The maximum Gasteiger partial charge on any atom is 0.275 e. The molecule has 1 aliphatic heterocycles. The van der Waals surface area contributed by atoms with E-state index in [4.69, 9.17) is 4.74 Å². The average Bonchev–Trinajstić information content (AvgIpc) is 2.84. The number of Topliss-reactive ketones (excluding diaryl/α,β-unsaturated/α-hetero) is 1. The highest BCUT2D eigenvalue weighted by atomic mass is 16.5. The van der Waals surface area contributed by atoms with Crippen LogP contribution < -0.4 is 9.64 Å². The number of hydrogen-bond acceptors (Lipinski definition) is 4. The number of carbonyl (C=O) groups excluding carboxylic acids is 3. The monoisotopic (exact) mass is 323 g/mol. The Bertz CT molecular complexity index is 810. The van der Waals surface area contributed by atoms with Gasteiger partial charge in [0.1, 0.15) is 5.75 Å². The number of nitrogens with zero attached hydrogens (tertiary/aromatic N) is 1. The lowest BCUT2D eigenvalue weighted by Gasteiger charge is -2.16. The second-order valence-corrected chi connectivity index (χ2v) is 5.75. The van der Waals surface area contributed by atoms with Crippen molar-refractivity contribution in [1.82, 2.24) is 0 Å². The zero-order valence-corrected chi connectivity index (χ0v) is 13.5. The molecule has 122 valence electrons. The minimum atomic E-state index is -0.828. The van der Waals surface area contributed by atoms with E-state index in [0.717, 1.165) is 10.5 Å². The summed E-state index contributed by atoms with van der Waals surface area (Å²) < 4.78 is 5.74. The van der Waals surface area contributed by atoms with Crippen LogP contribution in [0.3, 0.4) is 0 Å². The van der Waals surface area contributed by atoms with Gasteiger partial charge in [-0.3, -0.25) is 14.4 Å². The zero-order valence-electron chi connectivity index (χ0n) is 13.5. The van der Waals surface area contributed by atoms with Crippen molar-refractivity contribution >= 4 is 23.3 Å². The van der Waals surface area contributed by atoms with Gasteiger partial charge in [0.05, 0.1) is 12.1 Å². The van der Waals surface area contributed by atoms with Gasteiger partial charge in [-0.15, -0.1) is 0 Å². The number of hydrogen-bond donors (Lipinski definition) is 0. The summed E-state index contributed by atoms with van der Waals surface area (Å²) in [7, 11) is 0. The predicted molar refractivity (Wildman–Crippen MR) is 89.2 cm³/mol. The van der Waals surface area contributed by atoms with Gasteiger partial charge in [-0.2, -0.15) is 0 Å².